The van der Waals surface area contributed by atoms with Crippen LogP contribution in [-0.2, 0) is 4.79 Å². The van der Waals surface area contributed by atoms with E-state index in [9.17, 15) is 9.59 Å². The first kappa shape index (κ1) is 24.8. The summed E-state index contributed by atoms with van der Waals surface area (Å²) in [6, 6.07) is 0. The van der Waals surface area contributed by atoms with Crippen molar-refractivity contribution in [3.05, 3.63) is 73.6 Å². The van der Waals surface area contributed by atoms with Gasteiger partial charge in [-0.1, -0.05) is 13.2 Å². The second-order valence-corrected chi connectivity index (χ2v) is 12.1. The van der Waals surface area contributed by atoms with Crippen molar-refractivity contribution in [2.24, 2.45) is 5.92 Å². The Bertz CT molecular complexity index is 1220. The largest absolute Gasteiger partial charge is 0.310 e. The van der Waals surface area contributed by atoms with E-state index in [1.807, 2.05) is 6.92 Å². The van der Waals surface area contributed by atoms with Crippen LogP contribution in [0.25, 0.3) is 0 Å². The van der Waals surface area contributed by atoms with Crippen molar-refractivity contribution in [3.8, 4) is 0 Å². The highest BCUT2D eigenvalue weighted by Gasteiger charge is 2.46. The van der Waals surface area contributed by atoms with E-state index in [4.69, 9.17) is 5.41 Å². The minimum Gasteiger partial charge on any atom is -0.310 e. The number of carbonyl (C=O) groups excluding carboxylic acids is 2. The normalized spacial score (nSPS) is 20.8. The standard InChI is InChI=1S/C21H13Br6N3O2/c1-6-9-8(3)29(20(31)11(9)15(24)17(26)13(6)22)4-5-30-19(28)10-7(2)14(23)18(27)16(25)12(10)21(30)32/h9,28H,1,3-5H2,2H3. The predicted octanol–water partition coefficient (Wildman–Crippen LogP) is 7.26. The molecule has 1 saturated heterocycles. The molecule has 11 heteroatoms. The molecule has 1 N–H and O–H groups in total. The van der Waals surface area contributed by atoms with Gasteiger partial charge in [0, 0.05) is 56.8 Å². The zero-order valence-corrected chi connectivity index (χ0v) is 25.9. The van der Waals surface area contributed by atoms with Gasteiger partial charge < -0.3 is 4.90 Å². The molecule has 1 unspecified atom stereocenters. The minimum absolute atomic E-state index is 0.114. The Kier molecular flexibility index (Phi) is 6.75. The maximum absolute atomic E-state index is 13.2. The molecule has 5 nitrogen and oxygen atoms in total. The average molecular weight is 819 g/mol. The second kappa shape index (κ2) is 8.71. The van der Waals surface area contributed by atoms with Gasteiger partial charge in [0.1, 0.15) is 5.84 Å². The molecule has 32 heavy (non-hydrogen) atoms. The molecule has 1 aromatic rings. The number of halogens is 6. The fourth-order valence-electron chi connectivity index (χ4n) is 4.10. The summed E-state index contributed by atoms with van der Waals surface area (Å²) in [6.07, 6.45) is 0. The molecule has 3 aliphatic rings. The molecule has 4 rings (SSSR count). The third-order valence-electron chi connectivity index (χ3n) is 5.77. The van der Waals surface area contributed by atoms with E-state index in [0.717, 1.165) is 29.0 Å². The number of hydrogen-bond acceptors (Lipinski definition) is 3. The Balaban J connectivity index is 1.63. The summed E-state index contributed by atoms with van der Waals surface area (Å²) < 4.78 is 4.26. The lowest BCUT2D eigenvalue weighted by Gasteiger charge is -2.24. The molecular formula is C21H13Br6N3O2. The van der Waals surface area contributed by atoms with Crippen molar-refractivity contribution in [1.29, 1.82) is 5.41 Å². The van der Waals surface area contributed by atoms with Crippen LogP contribution in [0.2, 0.25) is 0 Å². The topological polar surface area (TPSA) is 64.5 Å². The summed E-state index contributed by atoms with van der Waals surface area (Å²) in [5.74, 6) is -0.701. The van der Waals surface area contributed by atoms with E-state index in [1.54, 1.807) is 4.90 Å². The first-order chi connectivity index (χ1) is 14.9. The molecule has 1 atom stereocenters. The third-order valence-corrected chi connectivity index (χ3v) is 13.0. The van der Waals surface area contributed by atoms with Crippen molar-refractivity contribution in [2.75, 3.05) is 13.1 Å². The summed E-state index contributed by atoms with van der Waals surface area (Å²) in [6.45, 7) is 10.5. The molecule has 2 amide bonds. The molecular weight excluding hydrogens is 806 g/mol. The lowest BCUT2D eigenvalue weighted by Crippen LogP contribution is -2.38. The Morgan fingerprint density at radius 2 is 1.41 bits per heavy atom. The number of nitrogens with one attached hydrogen (secondary N) is 1. The van der Waals surface area contributed by atoms with Gasteiger partial charge in [0.25, 0.3) is 11.8 Å². The Hall–Kier alpha value is -0.330. The molecule has 2 aliphatic heterocycles. The van der Waals surface area contributed by atoms with Crippen LogP contribution >= 0.6 is 95.6 Å². The predicted molar refractivity (Wildman–Crippen MR) is 146 cm³/mol. The molecule has 0 radical (unpaired) electrons. The second-order valence-electron chi connectivity index (χ2n) is 7.38. The number of fused-ring (bicyclic) bond motifs is 2. The molecule has 1 aromatic carbocycles. The highest BCUT2D eigenvalue weighted by atomic mass is 79.9. The van der Waals surface area contributed by atoms with Crippen molar-refractivity contribution >= 4 is 113 Å². The van der Waals surface area contributed by atoms with Crippen LogP contribution in [0, 0.1) is 18.3 Å². The number of hydrogen-bond donors (Lipinski definition) is 1. The van der Waals surface area contributed by atoms with Crippen LogP contribution in [-0.4, -0.2) is 40.5 Å². The summed E-state index contributed by atoms with van der Waals surface area (Å²) in [5, 5.41) is 8.65. The maximum atomic E-state index is 13.2. The third kappa shape index (κ3) is 3.40. The summed E-state index contributed by atoms with van der Waals surface area (Å²) in [7, 11) is 0. The van der Waals surface area contributed by atoms with Crippen molar-refractivity contribution in [2.45, 2.75) is 6.92 Å². The van der Waals surface area contributed by atoms with Crippen LogP contribution in [0.1, 0.15) is 21.5 Å². The molecule has 0 aromatic heterocycles. The molecule has 2 heterocycles. The fourth-order valence-corrected chi connectivity index (χ4v) is 7.59. The minimum atomic E-state index is -0.346. The average Bonchev–Trinajstić information content (AvgIpc) is 3.15. The van der Waals surface area contributed by atoms with Gasteiger partial charge in [0.05, 0.1) is 11.5 Å². The van der Waals surface area contributed by atoms with Crippen molar-refractivity contribution < 1.29 is 9.59 Å². The van der Waals surface area contributed by atoms with E-state index in [-0.39, 0.29) is 36.7 Å². The van der Waals surface area contributed by atoms with Gasteiger partial charge in [-0.2, -0.15) is 0 Å². The number of likely N-dealkylation sites (tertiary alicyclic amines) is 1. The molecule has 0 bridgehead atoms. The molecule has 0 saturated carbocycles. The van der Waals surface area contributed by atoms with Gasteiger partial charge in [-0.3, -0.25) is 19.9 Å². The fraction of sp³-hybridized carbons (Fsp3) is 0.190. The van der Waals surface area contributed by atoms with E-state index < -0.39 is 0 Å². The van der Waals surface area contributed by atoms with Gasteiger partial charge in [-0.15, -0.1) is 0 Å². The number of benzene rings is 1. The monoisotopic (exact) mass is 813 g/mol. The van der Waals surface area contributed by atoms with Crippen LogP contribution in [0.3, 0.4) is 0 Å². The smallest absolute Gasteiger partial charge is 0.261 e. The highest BCUT2D eigenvalue weighted by Crippen LogP contribution is 2.51. The van der Waals surface area contributed by atoms with E-state index in [1.165, 1.54) is 4.90 Å². The van der Waals surface area contributed by atoms with Gasteiger partial charge in [-0.05, 0) is 114 Å². The number of amides is 2. The number of rotatable bonds is 3. The van der Waals surface area contributed by atoms with Gasteiger partial charge >= 0.3 is 0 Å². The number of amidine groups is 1. The first-order valence-electron chi connectivity index (χ1n) is 9.14. The summed E-state index contributed by atoms with van der Waals surface area (Å²) in [5.41, 5.74) is 3.72. The van der Waals surface area contributed by atoms with Crippen LogP contribution < -0.4 is 0 Å². The molecule has 1 fully saturated rings. The summed E-state index contributed by atoms with van der Waals surface area (Å²) >= 11 is 21.0. The number of carbonyl (C=O) groups is 2. The molecule has 0 spiro atoms. The van der Waals surface area contributed by atoms with Crippen molar-refractivity contribution in [1.82, 2.24) is 9.80 Å². The van der Waals surface area contributed by atoms with E-state index in [2.05, 4.69) is 109 Å². The Labute approximate surface area is 235 Å². The lowest BCUT2D eigenvalue weighted by molar-refractivity contribution is -0.123. The Morgan fingerprint density at radius 3 is 2.03 bits per heavy atom. The highest BCUT2D eigenvalue weighted by molar-refractivity contribution is 9.16. The van der Waals surface area contributed by atoms with Crippen molar-refractivity contribution in [3.63, 3.8) is 0 Å². The van der Waals surface area contributed by atoms with Crippen LogP contribution in [0.4, 0.5) is 0 Å². The SMILES string of the molecule is C=C1C(Br)=C(Br)C(Br)=C2C(=O)N(CCN3C(=N)c4c(C)c(Br)c(Br)c(Br)c4C3=O)C(=C)C12. The maximum Gasteiger partial charge on any atom is 0.261 e. The van der Waals surface area contributed by atoms with E-state index in [0.29, 0.717) is 31.4 Å². The zero-order valence-electron chi connectivity index (χ0n) is 16.4. The van der Waals surface area contributed by atoms with Crippen LogP contribution in [0.15, 0.2) is 56.9 Å². The first-order valence-corrected chi connectivity index (χ1v) is 13.9. The summed E-state index contributed by atoms with van der Waals surface area (Å²) in [4.78, 5) is 29.4. The quantitative estimate of drug-likeness (QED) is 0.327. The Morgan fingerprint density at radius 1 is 0.812 bits per heavy atom. The zero-order chi connectivity index (χ0) is 23.8. The van der Waals surface area contributed by atoms with Gasteiger partial charge in [0.2, 0.25) is 0 Å². The van der Waals surface area contributed by atoms with Gasteiger partial charge in [0.15, 0.2) is 0 Å². The number of nitrogens with zero attached hydrogens (tertiary/aromatic N) is 2. The van der Waals surface area contributed by atoms with E-state index >= 15 is 0 Å². The molecule has 166 valence electrons. The van der Waals surface area contributed by atoms with Gasteiger partial charge in [-0.25, -0.2) is 0 Å². The molecule has 1 aliphatic carbocycles. The lowest BCUT2D eigenvalue weighted by atomic mass is 9.88. The number of allylic oxidation sites excluding steroid dienone is 4. The van der Waals surface area contributed by atoms with Crippen LogP contribution in [0.5, 0.6) is 0 Å².